The van der Waals surface area contributed by atoms with Crippen molar-refractivity contribution in [1.82, 2.24) is 4.98 Å². The minimum Gasteiger partial charge on any atom is -0.395 e. The summed E-state index contributed by atoms with van der Waals surface area (Å²) in [5.74, 6) is 0. The number of nitrogens with zero attached hydrogens (tertiary/aromatic N) is 1. The van der Waals surface area contributed by atoms with Gasteiger partial charge in [-0.3, -0.25) is 0 Å². The quantitative estimate of drug-likeness (QED) is 0.880. The normalized spacial score (nSPS) is 19.9. The lowest BCUT2D eigenvalue weighted by atomic mass is 9.82. The number of aliphatic hydroxyl groups excluding tert-OH is 1. The molecule has 0 saturated carbocycles. The molecular weight excluding hydrogens is 222 g/mol. The number of aryl methyl sites for hydroxylation is 2. The van der Waals surface area contributed by atoms with E-state index in [9.17, 15) is 5.11 Å². The maximum absolute atomic E-state index is 9.68. The fourth-order valence-electron chi connectivity index (χ4n) is 2.18. The molecule has 0 unspecified atom stereocenters. The Labute approximate surface area is 100 Å². The molecule has 2 rings (SSSR count). The second kappa shape index (κ2) is 4.82. The van der Waals surface area contributed by atoms with Gasteiger partial charge in [0.05, 0.1) is 12.3 Å². The first-order valence-electron chi connectivity index (χ1n) is 5.87. The average molecular weight is 241 g/mol. The van der Waals surface area contributed by atoms with Crippen LogP contribution in [-0.2, 0) is 16.6 Å². The summed E-state index contributed by atoms with van der Waals surface area (Å²) in [5, 5.41) is 10.8. The summed E-state index contributed by atoms with van der Waals surface area (Å²) in [6.07, 6.45) is 2.75. The van der Waals surface area contributed by atoms with Gasteiger partial charge in [0, 0.05) is 23.5 Å². The van der Waals surface area contributed by atoms with Crippen LogP contribution in [0.4, 0.5) is 0 Å². The van der Waals surface area contributed by atoms with Gasteiger partial charge in [0.2, 0.25) is 0 Å². The summed E-state index contributed by atoms with van der Waals surface area (Å²) in [5.41, 5.74) is 1.04. The van der Waals surface area contributed by atoms with E-state index in [1.807, 2.05) is 0 Å². The first-order chi connectivity index (χ1) is 7.72. The van der Waals surface area contributed by atoms with Crippen LogP contribution in [0, 0.1) is 6.92 Å². The lowest BCUT2D eigenvalue weighted by molar-refractivity contribution is 0.0251. The monoisotopic (exact) mass is 241 g/mol. The zero-order valence-electron chi connectivity index (χ0n) is 9.95. The third-order valence-electron chi connectivity index (χ3n) is 3.43. The molecule has 0 radical (unpaired) electrons. The van der Waals surface area contributed by atoms with Crippen LogP contribution >= 0.6 is 11.3 Å². The van der Waals surface area contributed by atoms with Gasteiger partial charge in [0.1, 0.15) is 5.01 Å². The average Bonchev–Trinajstić information content (AvgIpc) is 2.72. The van der Waals surface area contributed by atoms with Crippen LogP contribution in [0.2, 0.25) is 0 Å². The van der Waals surface area contributed by atoms with Crippen LogP contribution in [-0.4, -0.2) is 29.9 Å². The van der Waals surface area contributed by atoms with Gasteiger partial charge in [-0.1, -0.05) is 6.92 Å². The Hall–Kier alpha value is -0.450. The Morgan fingerprint density at radius 1 is 1.44 bits per heavy atom. The molecule has 0 spiro atoms. The van der Waals surface area contributed by atoms with E-state index in [0.717, 1.165) is 37.5 Å². The zero-order valence-corrected chi connectivity index (χ0v) is 10.8. The molecule has 1 N–H and O–H groups in total. The van der Waals surface area contributed by atoms with Gasteiger partial charge in [-0.25, -0.2) is 4.98 Å². The van der Waals surface area contributed by atoms with Crippen molar-refractivity contribution < 1.29 is 9.84 Å². The van der Waals surface area contributed by atoms with Crippen molar-refractivity contribution in [2.75, 3.05) is 19.8 Å². The Morgan fingerprint density at radius 3 is 2.62 bits per heavy atom. The Kier molecular flexibility index (Phi) is 3.62. The summed E-state index contributed by atoms with van der Waals surface area (Å²) in [7, 11) is 0. The van der Waals surface area contributed by atoms with Gasteiger partial charge in [-0.15, -0.1) is 11.3 Å². The summed E-state index contributed by atoms with van der Waals surface area (Å²) in [6, 6.07) is 0. The number of hydrogen-bond donors (Lipinski definition) is 1. The van der Waals surface area contributed by atoms with Crippen molar-refractivity contribution in [2.24, 2.45) is 0 Å². The summed E-state index contributed by atoms with van der Waals surface area (Å²) in [4.78, 5) is 5.99. The molecule has 1 fully saturated rings. The molecule has 90 valence electrons. The Morgan fingerprint density at radius 2 is 2.12 bits per heavy atom. The molecule has 0 aromatic carbocycles. The number of thiazole rings is 1. The van der Waals surface area contributed by atoms with Gasteiger partial charge in [0.25, 0.3) is 0 Å². The van der Waals surface area contributed by atoms with Crippen molar-refractivity contribution in [3.63, 3.8) is 0 Å². The Balaban J connectivity index is 2.31. The number of aliphatic hydroxyl groups is 1. The molecule has 1 saturated heterocycles. The van der Waals surface area contributed by atoms with Gasteiger partial charge in [0.15, 0.2) is 0 Å². The lowest BCUT2D eigenvalue weighted by Crippen LogP contribution is -2.37. The molecule has 4 heteroatoms. The second-order valence-electron chi connectivity index (χ2n) is 4.43. The van der Waals surface area contributed by atoms with Crippen LogP contribution in [0.15, 0.2) is 0 Å². The predicted octanol–water partition coefficient (Wildman–Crippen LogP) is 2.05. The molecule has 0 atom stereocenters. The van der Waals surface area contributed by atoms with E-state index in [-0.39, 0.29) is 12.0 Å². The highest BCUT2D eigenvalue weighted by atomic mass is 32.1. The van der Waals surface area contributed by atoms with Crippen LogP contribution in [0.3, 0.4) is 0 Å². The van der Waals surface area contributed by atoms with Crippen molar-refractivity contribution >= 4 is 11.3 Å². The highest BCUT2D eigenvalue weighted by Crippen LogP contribution is 2.37. The van der Waals surface area contributed by atoms with E-state index in [4.69, 9.17) is 9.72 Å². The number of hydrogen-bond acceptors (Lipinski definition) is 4. The van der Waals surface area contributed by atoms with Crippen molar-refractivity contribution in [2.45, 2.75) is 38.5 Å². The van der Waals surface area contributed by atoms with Crippen LogP contribution in [0.1, 0.15) is 35.3 Å². The third-order valence-corrected chi connectivity index (χ3v) is 4.69. The number of rotatable bonds is 3. The minimum absolute atomic E-state index is 0.138. The highest BCUT2D eigenvalue weighted by molar-refractivity contribution is 7.11. The molecule has 1 aliphatic heterocycles. The largest absolute Gasteiger partial charge is 0.395 e. The lowest BCUT2D eigenvalue weighted by Gasteiger charge is -2.33. The first kappa shape index (κ1) is 12.0. The minimum atomic E-state index is -0.138. The van der Waals surface area contributed by atoms with Crippen LogP contribution in [0.25, 0.3) is 0 Å². The van der Waals surface area contributed by atoms with Gasteiger partial charge >= 0.3 is 0 Å². The van der Waals surface area contributed by atoms with E-state index >= 15 is 0 Å². The molecule has 0 amide bonds. The van der Waals surface area contributed by atoms with Crippen molar-refractivity contribution in [1.29, 1.82) is 0 Å². The van der Waals surface area contributed by atoms with Crippen LogP contribution in [0.5, 0.6) is 0 Å². The Bertz CT molecular complexity index is 356. The molecule has 1 aromatic rings. The van der Waals surface area contributed by atoms with Crippen LogP contribution < -0.4 is 0 Å². The standard InChI is InChI=1S/C12H19NO2S/c1-3-10-9(2)16-11(13-10)12(8-14)4-6-15-7-5-12/h14H,3-8H2,1-2H3. The van der Waals surface area contributed by atoms with Gasteiger partial charge in [-0.05, 0) is 26.2 Å². The molecule has 3 nitrogen and oxygen atoms in total. The molecule has 1 aliphatic rings. The summed E-state index contributed by atoms with van der Waals surface area (Å²) < 4.78 is 5.38. The smallest absolute Gasteiger partial charge is 0.102 e. The van der Waals surface area contributed by atoms with E-state index in [2.05, 4.69) is 13.8 Å². The predicted molar refractivity (Wildman–Crippen MR) is 65.0 cm³/mol. The van der Waals surface area contributed by atoms with E-state index < -0.39 is 0 Å². The second-order valence-corrected chi connectivity index (χ2v) is 5.63. The third kappa shape index (κ3) is 2.01. The van der Waals surface area contributed by atoms with E-state index in [1.165, 1.54) is 10.6 Å². The molecule has 1 aromatic heterocycles. The fourth-order valence-corrected chi connectivity index (χ4v) is 3.42. The SMILES string of the molecule is CCc1nc(C2(CO)CCOCC2)sc1C. The van der Waals surface area contributed by atoms with Gasteiger partial charge < -0.3 is 9.84 Å². The van der Waals surface area contributed by atoms with E-state index in [1.54, 1.807) is 11.3 Å². The molecular formula is C12H19NO2S. The summed E-state index contributed by atoms with van der Waals surface area (Å²) >= 11 is 1.74. The molecule has 0 bridgehead atoms. The van der Waals surface area contributed by atoms with E-state index in [0.29, 0.717) is 0 Å². The zero-order chi connectivity index (χ0) is 11.6. The maximum Gasteiger partial charge on any atom is 0.102 e. The molecule has 2 heterocycles. The van der Waals surface area contributed by atoms with Crippen molar-refractivity contribution in [3.05, 3.63) is 15.6 Å². The number of aromatic nitrogens is 1. The van der Waals surface area contributed by atoms with Crippen molar-refractivity contribution in [3.8, 4) is 0 Å². The molecule has 16 heavy (non-hydrogen) atoms. The number of ether oxygens (including phenoxy) is 1. The highest BCUT2D eigenvalue weighted by Gasteiger charge is 2.37. The summed E-state index contributed by atoms with van der Waals surface area (Å²) in [6.45, 7) is 5.90. The fraction of sp³-hybridized carbons (Fsp3) is 0.750. The first-order valence-corrected chi connectivity index (χ1v) is 6.69. The molecule has 0 aliphatic carbocycles. The maximum atomic E-state index is 9.68. The topological polar surface area (TPSA) is 42.4 Å². The van der Waals surface area contributed by atoms with Gasteiger partial charge in [-0.2, -0.15) is 0 Å².